The molecular formula is C40H23N3. The number of benzene rings is 7. The van der Waals surface area contributed by atoms with Gasteiger partial charge in [-0.3, -0.25) is 0 Å². The molecule has 2 aromatic heterocycles. The summed E-state index contributed by atoms with van der Waals surface area (Å²) >= 11 is 0. The molecule has 0 N–H and O–H groups in total. The van der Waals surface area contributed by atoms with Crippen LogP contribution in [0.5, 0.6) is 0 Å². The molecule has 0 amide bonds. The summed E-state index contributed by atoms with van der Waals surface area (Å²) in [5.41, 5.74) is 8.32. The number of aromatic nitrogens is 2. The van der Waals surface area contributed by atoms with Crippen molar-refractivity contribution in [1.82, 2.24) is 9.55 Å². The Morgan fingerprint density at radius 2 is 1.14 bits per heavy atom. The number of fused-ring (bicyclic) bond motifs is 9. The number of hydrogen-bond acceptors (Lipinski definition) is 2. The second kappa shape index (κ2) is 9.01. The molecule has 0 aliphatic heterocycles. The summed E-state index contributed by atoms with van der Waals surface area (Å²) in [7, 11) is 0. The molecule has 0 atom stereocenters. The Balaban J connectivity index is 1.43. The second-order valence-electron chi connectivity index (χ2n) is 11.1. The van der Waals surface area contributed by atoms with Gasteiger partial charge in [0.05, 0.1) is 33.7 Å². The topological polar surface area (TPSA) is 41.6 Å². The Kier molecular flexibility index (Phi) is 4.97. The Morgan fingerprint density at radius 3 is 1.95 bits per heavy atom. The number of nitrogens with zero attached hydrogens (tertiary/aromatic N) is 3. The van der Waals surface area contributed by atoms with Gasteiger partial charge in [0.15, 0.2) is 0 Å². The molecule has 3 heteroatoms. The van der Waals surface area contributed by atoms with Crippen molar-refractivity contribution in [2.75, 3.05) is 0 Å². The minimum absolute atomic E-state index is 0.664. The molecule has 0 aliphatic rings. The van der Waals surface area contributed by atoms with Gasteiger partial charge in [0.25, 0.3) is 0 Å². The van der Waals surface area contributed by atoms with Crippen LogP contribution >= 0.6 is 0 Å². The fraction of sp³-hybridized carbons (Fsp3) is 0. The highest BCUT2D eigenvalue weighted by Crippen LogP contribution is 2.41. The monoisotopic (exact) mass is 545 g/mol. The first-order valence-electron chi connectivity index (χ1n) is 14.5. The third-order valence-electron chi connectivity index (χ3n) is 8.76. The van der Waals surface area contributed by atoms with Crippen molar-refractivity contribution < 1.29 is 0 Å². The maximum Gasteiger partial charge on any atom is 0.0991 e. The molecule has 0 radical (unpaired) electrons. The van der Waals surface area contributed by atoms with E-state index in [-0.39, 0.29) is 0 Å². The van der Waals surface area contributed by atoms with Gasteiger partial charge in [-0.15, -0.1) is 0 Å². The maximum atomic E-state index is 9.59. The summed E-state index contributed by atoms with van der Waals surface area (Å²) < 4.78 is 2.30. The van der Waals surface area contributed by atoms with E-state index in [0.717, 1.165) is 65.5 Å². The standard InChI is InChI=1S/C40H23N3/c41-24-25-14-21-37-35(22-25)31-12-6-7-13-36(31)43(37)29-18-15-27-17-20-33-38(28-9-2-1-3-10-28)32-19-16-26-8-4-5-11-30(26)39(32)42-40(33)34(27)23-29/h1-23H. The normalized spacial score (nSPS) is 11.7. The predicted octanol–water partition coefficient (Wildman–Crippen LogP) is 10.3. The number of para-hydroxylation sites is 1. The van der Waals surface area contributed by atoms with E-state index in [2.05, 4.69) is 138 Å². The summed E-state index contributed by atoms with van der Waals surface area (Å²) in [5.74, 6) is 0. The molecule has 2 heterocycles. The maximum absolute atomic E-state index is 9.59. The molecule has 0 fully saturated rings. The van der Waals surface area contributed by atoms with E-state index >= 15 is 0 Å². The van der Waals surface area contributed by atoms with Gasteiger partial charge >= 0.3 is 0 Å². The van der Waals surface area contributed by atoms with Crippen molar-refractivity contribution in [2.45, 2.75) is 0 Å². The first-order valence-corrected chi connectivity index (χ1v) is 14.5. The van der Waals surface area contributed by atoms with Gasteiger partial charge in [0.2, 0.25) is 0 Å². The zero-order valence-corrected chi connectivity index (χ0v) is 23.1. The third-order valence-corrected chi connectivity index (χ3v) is 8.76. The lowest BCUT2D eigenvalue weighted by molar-refractivity contribution is 1.19. The Labute approximate surface area is 247 Å². The fourth-order valence-electron chi connectivity index (χ4n) is 6.82. The smallest absolute Gasteiger partial charge is 0.0991 e. The quantitative estimate of drug-likeness (QED) is 0.160. The first-order chi connectivity index (χ1) is 21.3. The second-order valence-corrected chi connectivity index (χ2v) is 11.1. The van der Waals surface area contributed by atoms with Gasteiger partial charge in [-0.2, -0.15) is 5.26 Å². The number of nitriles is 1. The number of hydrogen-bond donors (Lipinski definition) is 0. The van der Waals surface area contributed by atoms with Crippen LogP contribution in [0.25, 0.3) is 82.0 Å². The van der Waals surface area contributed by atoms with Crippen molar-refractivity contribution in [1.29, 1.82) is 5.26 Å². The van der Waals surface area contributed by atoms with Crippen molar-refractivity contribution in [3.05, 3.63) is 145 Å². The average Bonchev–Trinajstić information content (AvgIpc) is 3.41. The van der Waals surface area contributed by atoms with E-state index < -0.39 is 0 Å². The van der Waals surface area contributed by atoms with E-state index in [4.69, 9.17) is 4.98 Å². The Morgan fingerprint density at radius 1 is 0.488 bits per heavy atom. The van der Waals surface area contributed by atoms with E-state index in [1.807, 2.05) is 12.1 Å². The Bertz CT molecular complexity index is 2620. The Hall–Kier alpha value is -5.98. The molecule has 0 saturated heterocycles. The molecule has 9 aromatic rings. The largest absolute Gasteiger partial charge is 0.309 e. The van der Waals surface area contributed by atoms with Gasteiger partial charge in [-0.05, 0) is 52.7 Å². The molecule has 0 bridgehead atoms. The van der Waals surface area contributed by atoms with E-state index in [1.165, 1.54) is 16.5 Å². The van der Waals surface area contributed by atoms with E-state index in [0.29, 0.717) is 5.56 Å². The number of pyridine rings is 1. The zero-order chi connectivity index (χ0) is 28.5. The third kappa shape index (κ3) is 3.44. The fourth-order valence-corrected chi connectivity index (χ4v) is 6.82. The molecule has 0 saturated carbocycles. The van der Waals surface area contributed by atoms with Crippen LogP contribution in [0, 0.1) is 11.3 Å². The highest BCUT2D eigenvalue weighted by molar-refractivity contribution is 6.21. The van der Waals surface area contributed by atoms with Crippen LogP contribution in [0.3, 0.4) is 0 Å². The van der Waals surface area contributed by atoms with Crippen LogP contribution in [0.15, 0.2) is 140 Å². The van der Waals surface area contributed by atoms with Gasteiger partial charge in [-0.25, -0.2) is 4.98 Å². The lowest BCUT2D eigenvalue weighted by Gasteiger charge is -2.15. The van der Waals surface area contributed by atoms with Crippen LogP contribution in [0.4, 0.5) is 0 Å². The molecule has 0 spiro atoms. The van der Waals surface area contributed by atoms with E-state index in [1.54, 1.807) is 0 Å². The molecular weight excluding hydrogens is 522 g/mol. The summed E-state index contributed by atoms with van der Waals surface area (Å²) in [6.45, 7) is 0. The van der Waals surface area contributed by atoms with Crippen molar-refractivity contribution in [2.24, 2.45) is 0 Å². The van der Waals surface area contributed by atoms with Crippen LogP contribution in [0.2, 0.25) is 0 Å². The zero-order valence-electron chi connectivity index (χ0n) is 23.1. The van der Waals surface area contributed by atoms with Crippen LogP contribution in [-0.2, 0) is 0 Å². The van der Waals surface area contributed by atoms with Crippen LogP contribution in [0.1, 0.15) is 5.56 Å². The lowest BCUT2D eigenvalue weighted by Crippen LogP contribution is -1.95. The van der Waals surface area contributed by atoms with Gasteiger partial charge < -0.3 is 4.57 Å². The highest BCUT2D eigenvalue weighted by Gasteiger charge is 2.17. The van der Waals surface area contributed by atoms with Crippen molar-refractivity contribution in [3.63, 3.8) is 0 Å². The minimum atomic E-state index is 0.664. The molecule has 198 valence electrons. The molecule has 3 nitrogen and oxygen atoms in total. The summed E-state index contributed by atoms with van der Waals surface area (Å²) in [6, 6.07) is 51.4. The summed E-state index contributed by atoms with van der Waals surface area (Å²) in [4.78, 5) is 5.44. The predicted molar refractivity (Wildman–Crippen MR) is 179 cm³/mol. The van der Waals surface area contributed by atoms with Gasteiger partial charge in [0.1, 0.15) is 0 Å². The molecule has 7 aromatic carbocycles. The summed E-state index contributed by atoms with van der Waals surface area (Å²) in [5, 5.41) is 18.7. The van der Waals surface area contributed by atoms with Crippen molar-refractivity contribution in [3.8, 4) is 22.9 Å². The highest BCUT2D eigenvalue weighted by atomic mass is 15.0. The van der Waals surface area contributed by atoms with E-state index in [9.17, 15) is 5.26 Å². The summed E-state index contributed by atoms with van der Waals surface area (Å²) in [6.07, 6.45) is 0. The van der Waals surface area contributed by atoms with Crippen molar-refractivity contribution >= 4 is 65.2 Å². The van der Waals surface area contributed by atoms with Crippen LogP contribution < -0.4 is 0 Å². The SMILES string of the molecule is N#Cc1ccc2c(c1)c1ccccc1n2-c1ccc2ccc3c(-c4ccccc4)c4ccc5ccccc5c4nc3c2c1. The van der Waals surface area contributed by atoms with Crippen LogP contribution in [-0.4, -0.2) is 9.55 Å². The molecule has 43 heavy (non-hydrogen) atoms. The number of rotatable bonds is 2. The lowest BCUT2D eigenvalue weighted by atomic mass is 9.92. The van der Waals surface area contributed by atoms with Gasteiger partial charge in [0, 0.05) is 43.6 Å². The first kappa shape index (κ1) is 23.7. The molecule has 9 rings (SSSR count). The van der Waals surface area contributed by atoms with Gasteiger partial charge in [-0.1, -0.05) is 103 Å². The minimum Gasteiger partial charge on any atom is -0.309 e. The molecule has 0 aliphatic carbocycles. The average molecular weight is 546 g/mol. The molecule has 0 unspecified atom stereocenters.